The van der Waals surface area contributed by atoms with Crippen molar-refractivity contribution in [3.8, 4) is 39.8 Å². The second-order valence-corrected chi connectivity index (χ2v) is 9.30. The van der Waals surface area contributed by atoms with Crippen LogP contribution in [0.2, 0.25) is 0 Å². The van der Waals surface area contributed by atoms with Gasteiger partial charge in [0.25, 0.3) is 0 Å². The molecular weight excluding hydrogens is 480 g/mol. The second kappa shape index (κ2) is 9.63. The summed E-state index contributed by atoms with van der Waals surface area (Å²) < 4.78 is 13.1. The standard InChI is InChI=1S/C30H26N4O4/c1-18-5-3-6-24(32-18)30-29(25-7-4-14-34(25)33-30)21-12-13-31-23-10-9-20(16-22(21)23)38-17-27(36)19-8-11-26(35)28(15-19)37-2/h3,5-6,8-13,15-16,35H,4,7,14,17H2,1-2H3. The molecule has 2 aromatic carbocycles. The van der Waals surface area contributed by atoms with Crippen LogP contribution in [0.3, 0.4) is 0 Å². The molecule has 190 valence electrons. The van der Waals surface area contributed by atoms with E-state index in [1.54, 1.807) is 6.07 Å². The first-order valence-corrected chi connectivity index (χ1v) is 12.5. The molecule has 6 rings (SSSR count). The Balaban J connectivity index is 1.37. The fourth-order valence-electron chi connectivity index (χ4n) is 4.99. The monoisotopic (exact) mass is 506 g/mol. The SMILES string of the molecule is COc1cc(C(=O)COc2ccc3nccc(-c4c(-c5cccc(C)n5)nn5c4CCC5)c3c2)ccc1O. The minimum Gasteiger partial charge on any atom is -0.504 e. The Bertz CT molecular complexity index is 1690. The van der Waals surface area contributed by atoms with E-state index in [4.69, 9.17) is 19.6 Å². The van der Waals surface area contributed by atoms with Crippen LogP contribution in [0, 0.1) is 6.92 Å². The van der Waals surface area contributed by atoms with Gasteiger partial charge in [-0.2, -0.15) is 5.10 Å². The normalized spacial score (nSPS) is 12.5. The zero-order chi connectivity index (χ0) is 26.2. The van der Waals surface area contributed by atoms with E-state index < -0.39 is 0 Å². The number of fused-ring (bicyclic) bond motifs is 2. The van der Waals surface area contributed by atoms with Crippen LogP contribution in [0.25, 0.3) is 33.4 Å². The molecule has 0 radical (unpaired) electrons. The van der Waals surface area contributed by atoms with Crippen molar-refractivity contribution < 1.29 is 19.4 Å². The molecule has 8 heteroatoms. The van der Waals surface area contributed by atoms with Crippen molar-refractivity contribution >= 4 is 16.7 Å². The van der Waals surface area contributed by atoms with E-state index in [-0.39, 0.29) is 23.9 Å². The number of ketones is 1. The van der Waals surface area contributed by atoms with Crippen LogP contribution in [0.1, 0.15) is 28.2 Å². The largest absolute Gasteiger partial charge is 0.504 e. The number of phenols is 1. The van der Waals surface area contributed by atoms with Crippen molar-refractivity contribution in [3.05, 3.63) is 83.8 Å². The number of ether oxygens (including phenoxy) is 2. The third kappa shape index (κ3) is 4.24. The van der Waals surface area contributed by atoms with Crippen LogP contribution in [0.5, 0.6) is 17.2 Å². The number of benzene rings is 2. The maximum Gasteiger partial charge on any atom is 0.200 e. The van der Waals surface area contributed by atoms with E-state index in [9.17, 15) is 9.90 Å². The zero-order valence-electron chi connectivity index (χ0n) is 21.1. The fourth-order valence-corrected chi connectivity index (χ4v) is 4.99. The number of aromatic hydroxyl groups is 1. The molecule has 0 saturated heterocycles. The van der Waals surface area contributed by atoms with Gasteiger partial charge in [0.15, 0.2) is 23.9 Å². The number of pyridine rings is 2. The van der Waals surface area contributed by atoms with E-state index in [1.807, 2.05) is 55.6 Å². The third-order valence-electron chi connectivity index (χ3n) is 6.83. The summed E-state index contributed by atoms with van der Waals surface area (Å²) in [4.78, 5) is 22.1. The van der Waals surface area contributed by atoms with Crippen molar-refractivity contribution in [2.75, 3.05) is 13.7 Å². The smallest absolute Gasteiger partial charge is 0.200 e. The Morgan fingerprint density at radius 1 is 1.11 bits per heavy atom. The van der Waals surface area contributed by atoms with Gasteiger partial charge in [0, 0.05) is 40.6 Å². The average Bonchev–Trinajstić information content (AvgIpc) is 3.53. The molecule has 0 bridgehead atoms. The van der Waals surface area contributed by atoms with E-state index in [0.29, 0.717) is 11.3 Å². The predicted molar refractivity (Wildman–Crippen MR) is 144 cm³/mol. The summed E-state index contributed by atoms with van der Waals surface area (Å²) in [6, 6.07) is 18.1. The van der Waals surface area contributed by atoms with Crippen LogP contribution in [0.15, 0.2) is 66.9 Å². The highest BCUT2D eigenvalue weighted by molar-refractivity contribution is 6.00. The van der Waals surface area contributed by atoms with E-state index in [0.717, 1.165) is 58.5 Å². The first-order chi connectivity index (χ1) is 18.5. The lowest BCUT2D eigenvalue weighted by Crippen LogP contribution is -2.11. The summed E-state index contributed by atoms with van der Waals surface area (Å²) in [7, 11) is 1.44. The lowest BCUT2D eigenvalue weighted by Gasteiger charge is -2.12. The topological polar surface area (TPSA) is 99.4 Å². The predicted octanol–water partition coefficient (Wildman–Crippen LogP) is 5.39. The van der Waals surface area contributed by atoms with Gasteiger partial charge < -0.3 is 14.6 Å². The molecule has 0 saturated carbocycles. The number of phenolic OH excluding ortho intramolecular Hbond substituents is 1. The maximum absolute atomic E-state index is 12.8. The molecule has 0 amide bonds. The maximum atomic E-state index is 12.8. The van der Waals surface area contributed by atoms with Crippen molar-refractivity contribution in [2.24, 2.45) is 0 Å². The lowest BCUT2D eigenvalue weighted by atomic mass is 9.96. The highest BCUT2D eigenvalue weighted by Gasteiger charge is 2.26. The number of methoxy groups -OCH3 is 1. The van der Waals surface area contributed by atoms with E-state index in [2.05, 4.69) is 9.67 Å². The summed E-state index contributed by atoms with van der Waals surface area (Å²) in [5.41, 5.74) is 7.13. The third-order valence-corrected chi connectivity index (χ3v) is 6.83. The number of nitrogens with zero attached hydrogens (tertiary/aromatic N) is 4. The van der Waals surface area contributed by atoms with Gasteiger partial charge in [-0.3, -0.25) is 19.4 Å². The quantitative estimate of drug-likeness (QED) is 0.295. The summed E-state index contributed by atoms with van der Waals surface area (Å²) in [5.74, 6) is 0.554. The van der Waals surface area contributed by atoms with Crippen LogP contribution < -0.4 is 9.47 Å². The van der Waals surface area contributed by atoms with Crippen LogP contribution >= 0.6 is 0 Å². The van der Waals surface area contributed by atoms with Crippen molar-refractivity contribution in [3.63, 3.8) is 0 Å². The number of aryl methyl sites for hydroxylation is 2. The second-order valence-electron chi connectivity index (χ2n) is 9.30. The summed E-state index contributed by atoms with van der Waals surface area (Å²) in [6.45, 7) is 2.71. The van der Waals surface area contributed by atoms with E-state index in [1.165, 1.54) is 24.9 Å². The molecule has 1 aliphatic heterocycles. The molecule has 4 heterocycles. The van der Waals surface area contributed by atoms with Gasteiger partial charge in [-0.25, -0.2) is 0 Å². The summed E-state index contributed by atoms with van der Waals surface area (Å²) >= 11 is 0. The number of carbonyl (C=O) groups is 1. The zero-order valence-corrected chi connectivity index (χ0v) is 21.1. The molecule has 3 aromatic heterocycles. The fraction of sp³-hybridized carbons (Fsp3) is 0.200. The molecule has 1 N–H and O–H groups in total. The molecule has 0 spiro atoms. The molecule has 0 fully saturated rings. The van der Waals surface area contributed by atoms with Gasteiger partial charge in [-0.05, 0) is 79.9 Å². The summed E-state index contributed by atoms with van der Waals surface area (Å²) in [6.07, 6.45) is 3.81. The van der Waals surface area contributed by atoms with Crippen LogP contribution in [0.4, 0.5) is 0 Å². The van der Waals surface area contributed by atoms with Crippen LogP contribution in [-0.2, 0) is 13.0 Å². The van der Waals surface area contributed by atoms with Crippen molar-refractivity contribution in [2.45, 2.75) is 26.3 Å². The summed E-state index contributed by atoms with van der Waals surface area (Å²) in [5, 5.41) is 15.7. The van der Waals surface area contributed by atoms with Gasteiger partial charge in [-0.1, -0.05) is 6.07 Å². The molecule has 0 aliphatic carbocycles. The van der Waals surface area contributed by atoms with Crippen LogP contribution in [-0.4, -0.2) is 44.4 Å². The molecule has 8 nitrogen and oxygen atoms in total. The highest BCUT2D eigenvalue weighted by Crippen LogP contribution is 2.40. The number of Topliss-reactive ketones (excluding diaryl/α,β-unsaturated/α-hetero) is 1. The van der Waals surface area contributed by atoms with Gasteiger partial charge in [0.05, 0.1) is 18.3 Å². The Morgan fingerprint density at radius 2 is 2.00 bits per heavy atom. The molecule has 38 heavy (non-hydrogen) atoms. The molecule has 0 unspecified atom stereocenters. The lowest BCUT2D eigenvalue weighted by molar-refractivity contribution is 0.0921. The minimum atomic E-state index is -0.225. The van der Waals surface area contributed by atoms with Gasteiger partial charge in [0.1, 0.15) is 11.4 Å². The Hall–Kier alpha value is -4.72. The van der Waals surface area contributed by atoms with Gasteiger partial charge in [0.2, 0.25) is 0 Å². The number of hydrogen-bond donors (Lipinski definition) is 1. The Labute approximate surface area is 219 Å². The van der Waals surface area contributed by atoms with Gasteiger partial charge in [-0.15, -0.1) is 0 Å². The highest BCUT2D eigenvalue weighted by atomic mass is 16.5. The first kappa shape index (κ1) is 23.7. The Morgan fingerprint density at radius 3 is 2.84 bits per heavy atom. The number of carbonyl (C=O) groups excluding carboxylic acids is 1. The molecule has 1 aliphatic rings. The molecular formula is C30H26N4O4. The van der Waals surface area contributed by atoms with Crippen molar-refractivity contribution in [1.29, 1.82) is 0 Å². The minimum absolute atomic E-state index is 0.0218. The molecule has 5 aromatic rings. The number of hydrogen-bond acceptors (Lipinski definition) is 7. The number of rotatable bonds is 7. The van der Waals surface area contributed by atoms with Crippen molar-refractivity contribution in [1.82, 2.24) is 19.7 Å². The Kier molecular flexibility index (Phi) is 5.99. The van der Waals surface area contributed by atoms with Gasteiger partial charge >= 0.3 is 0 Å². The average molecular weight is 507 g/mol. The first-order valence-electron chi connectivity index (χ1n) is 12.5. The number of aromatic nitrogens is 4. The molecule has 0 atom stereocenters. The van der Waals surface area contributed by atoms with E-state index >= 15 is 0 Å².